The second-order valence-electron chi connectivity index (χ2n) is 6.83. The van der Waals surface area contributed by atoms with E-state index in [0.29, 0.717) is 6.92 Å². The highest BCUT2D eigenvalue weighted by Gasteiger charge is 2.76. The average molecular weight is 494 g/mol. The van der Waals surface area contributed by atoms with Crippen LogP contribution in [0.25, 0.3) is 0 Å². The molecule has 0 aromatic rings. The van der Waals surface area contributed by atoms with Crippen molar-refractivity contribution >= 4 is 5.97 Å². The summed E-state index contributed by atoms with van der Waals surface area (Å²) in [5.74, 6) is -33.5. The van der Waals surface area contributed by atoms with Gasteiger partial charge in [-0.2, -0.15) is 48.3 Å². The molecule has 1 atom stereocenters. The van der Waals surface area contributed by atoms with E-state index in [2.05, 4.69) is 4.74 Å². The van der Waals surface area contributed by atoms with Crippen LogP contribution in [0.1, 0.15) is 39.5 Å². The van der Waals surface area contributed by atoms with Crippen molar-refractivity contribution in [1.29, 1.82) is 0 Å². The first kappa shape index (κ1) is 29.5. The first-order valence-corrected chi connectivity index (χ1v) is 8.17. The van der Waals surface area contributed by atoms with Gasteiger partial charge in [0, 0.05) is 6.42 Å². The third kappa shape index (κ3) is 6.99. The number of hydrogen-bond donors (Lipinski definition) is 0. The number of esters is 1. The fraction of sp³-hybridized carbons (Fsp3) is 0.933. The molecule has 2 nitrogen and oxygen atoms in total. The van der Waals surface area contributed by atoms with Gasteiger partial charge >= 0.3 is 35.8 Å². The molecule has 1 unspecified atom stereocenters. The molecule has 16 heteroatoms. The van der Waals surface area contributed by atoms with E-state index in [-0.39, 0.29) is 0 Å². The molecular formula is C15H16F14O2. The summed E-state index contributed by atoms with van der Waals surface area (Å²) in [6.45, 7) is 0.289. The van der Waals surface area contributed by atoms with Gasteiger partial charge in [0.1, 0.15) is 0 Å². The van der Waals surface area contributed by atoms with E-state index in [4.69, 9.17) is 0 Å². The molecule has 0 radical (unpaired) electrons. The molecule has 0 aromatic heterocycles. The number of alkyl halides is 14. The van der Waals surface area contributed by atoms with Crippen molar-refractivity contribution in [3.63, 3.8) is 0 Å². The smallest absolute Gasteiger partial charge is 0.453 e. The van der Waals surface area contributed by atoms with E-state index in [1.54, 1.807) is 0 Å². The first-order valence-electron chi connectivity index (χ1n) is 8.17. The Morgan fingerprint density at radius 1 is 0.710 bits per heavy atom. The zero-order valence-electron chi connectivity index (χ0n) is 15.6. The summed E-state index contributed by atoms with van der Waals surface area (Å²) in [6, 6.07) is 0. The van der Waals surface area contributed by atoms with Gasteiger partial charge in [-0.05, 0) is 13.3 Å². The van der Waals surface area contributed by atoms with Crippen LogP contribution in [0, 0.1) is 0 Å². The summed E-state index contributed by atoms with van der Waals surface area (Å²) in [5, 5.41) is 0. The van der Waals surface area contributed by atoms with Crippen molar-refractivity contribution in [2.75, 3.05) is 6.61 Å². The van der Waals surface area contributed by atoms with Crippen LogP contribution >= 0.6 is 0 Å². The van der Waals surface area contributed by atoms with Gasteiger partial charge < -0.3 is 4.74 Å². The maximum Gasteiger partial charge on any atom is 0.453 e. The highest BCUT2D eigenvalue weighted by Crippen LogP contribution is 2.55. The normalized spacial score (nSPS) is 16.8. The molecule has 0 spiro atoms. The van der Waals surface area contributed by atoms with Gasteiger partial charge in [0.2, 0.25) is 5.67 Å². The quantitative estimate of drug-likeness (QED) is 0.240. The van der Waals surface area contributed by atoms with E-state index in [0.717, 1.165) is 6.92 Å². The van der Waals surface area contributed by atoms with Gasteiger partial charge in [-0.25, -0.2) is 18.0 Å². The van der Waals surface area contributed by atoms with Crippen LogP contribution < -0.4 is 0 Å². The fourth-order valence-electron chi connectivity index (χ4n) is 1.87. The lowest BCUT2D eigenvalue weighted by Crippen LogP contribution is -2.58. The molecule has 0 aliphatic heterocycles. The Hall–Kier alpha value is -1.51. The maximum atomic E-state index is 13.5. The van der Waals surface area contributed by atoms with Crippen molar-refractivity contribution in [2.45, 2.75) is 81.0 Å². The minimum Gasteiger partial charge on any atom is -0.463 e. The highest BCUT2D eigenvalue weighted by atomic mass is 19.4. The fourth-order valence-corrected chi connectivity index (χ4v) is 1.87. The summed E-state index contributed by atoms with van der Waals surface area (Å²) in [6.07, 6.45) is -16.8. The zero-order valence-corrected chi connectivity index (χ0v) is 15.6. The number of carbonyl (C=O) groups excluding carboxylic acids is 1. The summed E-state index contributed by atoms with van der Waals surface area (Å²) >= 11 is 0. The van der Waals surface area contributed by atoms with Gasteiger partial charge in [0.15, 0.2) is 0 Å². The zero-order chi connectivity index (χ0) is 25.3. The van der Waals surface area contributed by atoms with Crippen molar-refractivity contribution in [3.8, 4) is 0 Å². The van der Waals surface area contributed by atoms with Gasteiger partial charge in [-0.15, -0.1) is 0 Å². The Balaban J connectivity index is 5.39. The second kappa shape index (κ2) is 8.79. The first-order chi connectivity index (χ1) is 13.4. The average Bonchev–Trinajstić information content (AvgIpc) is 2.50. The van der Waals surface area contributed by atoms with Crippen LogP contribution in [0.3, 0.4) is 0 Å². The summed E-state index contributed by atoms with van der Waals surface area (Å²) in [5.41, 5.74) is -2.67. The number of carbonyl (C=O) groups is 1. The predicted octanol–water partition coefficient (Wildman–Crippen LogP) is 6.58. The molecule has 0 aromatic carbocycles. The molecule has 0 aliphatic rings. The molecule has 0 rings (SSSR count). The third-order valence-electron chi connectivity index (χ3n) is 4.05. The van der Waals surface area contributed by atoms with Gasteiger partial charge in [-0.3, -0.25) is 0 Å². The largest absolute Gasteiger partial charge is 0.463 e. The van der Waals surface area contributed by atoms with E-state index in [1.165, 1.54) is 0 Å². The maximum absolute atomic E-state index is 13.5. The molecule has 0 heterocycles. The lowest BCUT2D eigenvalue weighted by molar-refractivity contribution is -0.357. The van der Waals surface area contributed by atoms with E-state index >= 15 is 0 Å². The van der Waals surface area contributed by atoms with E-state index < -0.39 is 79.7 Å². The molecule has 31 heavy (non-hydrogen) atoms. The van der Waals surface area contributed by atoms with Crippen LogP contribution in [-0.2, 0) is 9.53 Å². The van der Waals surface area contributed by atoms with Crippen LogP contribution in [0.2, 0.25) is 0 Å². The molecule has 0 bridgehead atoms. The van der Waals surface area contributed by atoms with Crippen molar-refractivity contribution in [3.05, 3.63) is 0 Å². The lowest BCUT2D eigenvalue weighted by atomic mass is 9.93. The molecule has 0 aliphatic carbocycles. The summed E-state index contributed by atoms with van der Waals surface area (Å²) in [7, 11) is 0. The Bertz CT molecular complexity index is 624. The number of ether oxygens (including phenoxy) is 1. The molecule has 0 fully saturated rings. The molecule has 0 amide bonds. The predicted molar refractivity (Wildman–Crippen MR) is 75.4 cm³/mol. The standard InChI is InChI=1S/C15H16F14O2/c1-3-9(2,16)8(30)31-5-4-10(17,18)6-11(19,20)14(25,26)12(21,22)7-13(23,24)15(27,28)29/h3-7H2,1-2H3. The molecular weight excluding hydrogens is 478 g/mol. The van der Waals surface area contributed by atoms with E-state index in [9.17, 15) is 66.3 Å². The van der Waals surface area contributed by atoms with Crippen molar-refractivity contribution in [2.24, 2.45) is 0 Å². The monoisotopic (exact) mass is 494 g/mol. The van der Waals surface area contributed by atoms with Gasteiger partial charge in [-0.1, -0.05) is 6.92 Å². The van der Waals surface area contributed by atoms with Gasteiger partial charge in [0.25, 0.3) is 5.92 Å². The van der Waals surface area contributed by atoms with Crippen LogP contribution in [0.4, 0.5) is 61.5 Å². The second-order valence-corrected chi connectivity index (χ2v) is 6.83. The SMILES string of the molecule is CCC(C)(F)C(=O)OCCC(F)(F)CC(F)(F)C(F)(F)C(F)(F)CC(F)(F)C(F)(F)F. The van der Waals surface area contributed by atoms with Gasteiger partial charge in [0.05, 0.1) is 19.4 Å². The topological polar surface area (TPSA) is 26.3 Å². The van der Waals surface area contributed by atoms with Crippen molar-refractivity contribution in [1.82, 2.24) is 0 Å². The van der Waals surface area contributed by atoms with Crippen LogP contribution in [-0.4, -0.2) is 54.0 Å². The Labute approximate surface area is 165 Å². The number of rotatable bonds is 11. The summed E-state index contributed by atoms with van der Waals surface area (Å²) in [4.78, 5) is 11.2. The van der Waals surface area contributed by atoms with E-state index in [1.807, 2.05) is 0 Å². The molecule has 186 valence electrons. The minimum absolute atomic E-state index is 0.496. The molecule has 0 N–H and O–H groups in total. The summed E-state index contributed by atoms with van der Waals surface area (Å²) < 4.78 is 186. The van der Waals surface area contributed by atoms with Crippen molar-refractivity contribution < 1.29 is 71.0 Å². The minimum atomic E-state index is -7.05. The lowest BCUT2D eigenvalue weighted by Gasteiger charge is -2.36. The number of hydrogen-bond acceptors (Lipinski definition) is 2. The molecule has 0 saturated heterocycles. The molecule has 0 saturated carbocycles. The number of halogens is 14. The van der Waals surface area contributed by atoms with Crippen LogP contribution in [0.15, 0.2) is 0 Å². The highest BCUT2D eigenvalue weighted by molar-refractivity contribution is 5.78. The van der Waals surface area contributed by atoms with Crippen LogP contribution in [0.5, 0.6) is 0 Å². The Morgan fingerprint density at radius 3 is 1.52 bits per heavy atom. The third-order valence-corrected chi connectivity index (χ3v) is 4.05. The Kier molecular flexibility index (Phi) is 8.36. The Morgan fingerprint density at radius 2 is 1.13 bits per heavy atom.